The summed E-state index contributed by atoms with van der Waals surface area (Å²) < 4.78 is 28.7. The fourth-order valence-corrected chi connectivity index (χ4v) is 5.36. The van der Waals surface area contributed by atoms with Crippen LogP contribution in [0.2, 0.25) is 5.02 Å². The normalized spacial score (nSPS) is 15.3. The molecule has 0 radical (unpaired) electrons. The zero-order valence-corrected chi connectivity index (χ0v) is 18.8. The Morgan fingerprint density at radius 1 is 1.00 bits per heavy atom. The molecule has 1 amide bonds. The Balaban J connectivity index is 1.33. The van der Waals surface area contributed by atoms with E-state index in [2.05, 4.69) is 10.3 Å². The smallest absolute Gasteiger partial charge is 0.246 e. The molecular formula is C22H22ClN5O3S. The molecular weight excluding hydrogens is 450 g/mol. The van der Waals surface area contributed by atoms with Crippen molar-refractivity contribution in [1.82, 2.24) is 24.2 Å². The van der Waals surface area contributed by atoms with Crippen LogP contribution >= 0.6 is 11.6 Å². The molecule has 10 heteroatoms. The van der Waals surface area contributed by atoms with E-state index >= 15 is 0 Å². The van der Waals surface area contributed by atoms with Crippen LogP contribution in [0.3, 0.4) is 0 Å². The van der Waals surface area contributed by atoms with E-state index < -0.39 is 10.0 Å². The number of piperazine rings is 1. The van der Waals surface area contributed by atoms with Gasteiger partial charge in [-0.15, -0.1) is 5.10 Å². The maximum atomic E-state index is 12.8. The molecule has 1 saturated heterocycles. The highest BCUT2D eigenvalue weighted by Gasteiger charge is 2.30. The Bertz CT molecular complexity index is 1220. The van der Waals surface area contributed by atoms with Gasteiger partial charge in [-0.05, 0) is 23.8 Å². The zero-order chi connectivity index (χ0) is 22.6. The number of halogens is 1. The number of amides is 1. The molecule has 1 aromatic heterocycles. The molecule has 0 atom stereocenters. The maximum Gasteiger partial charge on any atom is 0.246 e. The van der Waals surface area contributed by atoms with E-state index in [0.29, 0.717) is 25.3 Å². The van der Waals surface area contributed by atoms with Crippen LogP contribution < -0.4 is 0 Å². The van der Waals surface area contributed by atoms with Gasteiger partial charge in [0.15, 0.2) is 0 Å². The first-order chi connectivity index (χ1) is 15.4. The second-order valence-electron chi connectivity index (χ2n) is 7.32. The van der Waals surface area contributed by atoms with Crippen LogP contribution in [-0.2, 0) is 21.4 Å². The fourth-order valence-electron chi connectivity index (χ4n) is 3.44. The van der Waals surface area contributed by atoms with Crippen LogP contribution in [0.4, 0.5) is 0 Å². The first-order valence-electron chi connectivity index (χ1n) is 10.1. The standard InChI is InChI=1S/C22H22ClN5O3S/c23-20-8-4-5-9-21(20)32(30,31)28-14-12-26(13-15-28)22(29)11-10-19-17-27(25-24-19)16-18-6-2-1-3-7-18/h1-11,17H,12-16H2. The molecule has 0 N–H and O–H groups in total. The summed E-state index contributed by atoms with van der Waals surface area (Å²) in [6.07, 6.45) is 4.82. The van der Waals surface area contributed by atoms with Crippen molar-refractivity contribution in [3.63, 3.8) is 0 Å². The van der Waals surface area contributed by atoms with E-state index in [0.717, 1.165) is 5.56 Å². The second kappa shape index (κ2) is 9.64. The van der Waals surface area contributed by atoms with Gasteiger partial charge in [0.05, 0.1) is 17.8 Å². The number of benzene rings is 2. The molecule has 3 aromatic rings. The molecule has 166 valence electrons. The Labute approximate surface area is 191 Å². The lowest BCUT2D eigenvalue weighted by Gasteiger charge is -2.33. The van der Waals surface area contributed by atoms with E-state index in [1.165, 1.54) is 16.4 Å². The van der Waals surface area contributed by atoms with Crippen molar-refractivity contribution in [2.24, 2.45) is 0 Å². The molecule has 0 saturated carbocycles. The molecule has 1 aliphatic heterocycles. The molecule has 1 fully saturated rings. The van der Waals surface area contributed by atoms with Gasteiger partial charge < -0.3 is 4.90 Å². The van der Waals surface area contributed by atoms with E-state index in [1.54, 1.807) is 40.1 Å². The third-order valence-electron chi connectivity index (χ3n) is 5.15. The lowest BCUT2D eigenvalue weighted by molar-refractivity contribution is -0.127. The lowest BCUT2D eigenvalue weighted by atomic mass is 10.2. The van der Waals surface area contributed by atoms with Gasteiger partial charge >= 0.3 is 0 Å². The summed E-state index contributed by atoms with van der Waals surface area (Å²) in [5.74, 6) is -0.197. The number of aromatic nitrogens is 3. The Morgan fingerprint density at radius 2 is 1.69 bits per heavy atom. The maximum absolute atomic E-state index is 12.8. The van der Waals surface area contributed by atoms with E-state index in [4.69, 9.17) is 11.6 Å². The summed E-state index contributed by atoms with van der Waals surface area (Å²) in [4.78, 5) is 14.2. The minimum absolute atomic E-state index is 0.0833. The Kier molecular flexibility index (Phi) is 6.69. The lowest BCUT2D eigenvalue weighted by Crippen LogP contribution is -2.50. The quantitative estimate of drug-likeness (QED) is 0.515. The van der Waals surface area contributed by atoms with Crippen molar-refractivity contribution >= 4 is 33.6 Å². The number of hydrogen-bond acceptors (Lipinski definition) is 5. The summed E-state index contributed by atoms with van der Waals surface area (Å²) in [5, 5.41) is 8.34. The van der Waals surface area contributed by atoms with Crippen LogP contribution in [0.25, 0.3) is 6.08 Å². The topological polar surface area (TPSA) is 88.4 Å². The summed E-state index contributed by atoms with van der Waals surface area (Å²) in [7, 11) is -3.70. The summed E-state index contributed by atoms with van der Waals surface area (Å²) in [5.41, 5.74) is 1.68. The average Bonchev–Trinajstić information content (AvgIpc) is 3.25. The van der Waals surface area contributed by atoms with Crippen LogP contribution in [-0.4, -0.2) is 64.7 Å². The van der Waals surface area contributed by atoms with Gasteiger partial charge in [-0.1, -0.05) is 59.3 Å². The number of sulfonamides is 1. The minimum atomic E-state index is -3.70. The van der Waals surface area contributed by atoms with Gasteiger partial charge in [0, 0.05) is 32.3 Å². The molecule has 2 aromatic carbocycles. The van der Waals surface area contributed by atoms with Gasteiger partial charge in [-0.25, -0.2) is 13.1 Å². The highest BCUT2D eigenvalue weighted by Crippen LogP contribution is 2.25. The van der Waals surface area contributed by atoms with Gasteiger partial charge in [0.2, 0.25) is 15.9 Å². The summed E-state index contributed by atoms with van der Waals surface area (Å²) in [6, 6.07) is 16.3. The van der Waals surface area contributed by atoms with Crippen LogP contribution in [0.1, 0.15) is 11.3 Å². The van der Waals surface area contributed by atoms with Gasteiger partial charge in [0.25, 0.3) is 0 Å². The van der Waals surface area contributed by atoms with Crippen molar-refractivity contribution in [3.05, 3.63) is 83.2 Å². The number of rotatable bonds is 6. The largest absolute Gasteiger partial charge is 0.337 e. The van der Waals surface area contributed by atoms with Crippen LogP contribution in [0.5, 0.6) is 0 Å². The van der Waals surface area contributed by atoms with Gasteiger partial charge in [0.1, 0.15) is 10.6 Å². The molecule has 32 heavy (non-hydrogen) atoms. The van der Waals surface area contributed by atoms with Crippen molar-refractivity contribution in [2.45, 2.75) is 11.4 Å². The second-order valence-corrected chi connectivity index (χ2v) is 9.63. The Morgan fingerprint density at radius 3 is 2.41 bits per heavy atom. The first-order valence-corrected chi connectivity index (χ1v) is 11.9. The van der Waals surface area contributed by atoms with Gasteiger partial charge in [-0.3, -0.25) is 4.79 Å². The molecule has 0 aliphatic carbocycles. The van der Waals surface area contributed by atoms with Crippen molar-refractivity contribution in [3.8, 4) is 0 Å². The van der Waals surface area contributed by atoms with Crippen LogP contribution in [0, 0.1) is 0 Å². The van der Waals surface area contributed by atoms with Crippen molar-refractivity contribution in [2.75, 3.05) is 26.2 Å². The number of carbonyl (C=O) groups is 1. The predicted molar refractivity (Wildman–Crippen MR) is 121 cm³/mol. The number of carbonyl (C=O) groups excluding carboxylic acids is 1. The predicted octanol–water partition coefficient (Wildman–Crippen LogP) is 2.53. The third-order valence-corrected chi connectivity index (χ3v) is 7.54. The first kappa shape index (κ1) is 22.2. The molecule has 0 unspecified atom stereocenters. The molecule has 1 aliphatic rings. The minimum Gasteiger partial charge on any atom is -0.337 e. The Hall–Kier alpha value is -3.01. The SMILES string of the molecule is O=C(C=Cc1cn(Cc2ccccc2)nn1)N1CCN(S(=O)(=O)c2ccccc2Cl)CC1. The highest BCUT2D eigenvalue weighted by atomic mass is 35.5. The molecule has 4 rings (SSSR count). The molecule has 0 bridgehead atoms. The van der Waals surface area contributed by atoms with Crippen molar-refractivity contribution in [1.29, 1.82) is 0 Å². The molecule has 2 heterocycles. The average molecular weight is 472 g/mol. The van der Waals surface area contributed by atoms with E-state index in [9.17, 15) is 13.2 Å². The van der Waals surface area contributed by atoms with Crippen molar-refractivity contribution < 1.29 is 13.2 Å². The number of hydrogen-bond donors (Lipinski definition) is 0. The monoisotopic (exact) mass is 471 g/mol. The molecule has 0 spiro atoms. The number of nitrogens with zero attached hydrogens (tertiary/aromatic N) is 5. The third kappa shape index (κ3) is 5.07. The highest BCUT2D eigenvalue weighted by molar-refractivity contribution is 7.89. The zero-order valence-electron chi connectivity index (χ0n) is 17.2. The summed E-state index contributed by atoms with van der Waals surface area (Å²) in [6.45, 7) is 1.61. The summed E-state index contributed by atoms with van der Waals surface area (Å²) >= 11 is 6.06. The molecule has 8 nitrogen and oxygen atoms in total. The fraction of sp³-hybridized carbons (Fsp3) is 0.227. The van der Waals surface area contributed by atoms with Crippen LogP contribution in [0.15, 0.2) is 71.8 Å². The van der Waals surface area contributed by atoms with E-state index in [1.807, 2.05) is 30.3 Å². The van der Waals surface area contributed by atoms with E-state index in [-0.39, 0.29) is 28.9 Å². The van der Waals surface area contributed by atoms with Gasteiger partial charge in [-0.2, -0.15) is 4.31 Å².